The predicted octanol–water partition coefficient (Wildman–Crippen LogP) is 7.42. The molecule has 10 heteroatoms. The van der Waals surface area contributed by atoms with Crippen molar-refractivity contribution in [3.05, 3.63) is 73.9 Å². The number of esters is 3. The molecule has 0 spiro atoms. The van der Waals surface area contributed by atoms with Gasteiger partial charge in [-0.1, -0.05) is 73.6 Å². The van der Waals surface area contributed by atoms with Gasteiger partial charge in [-0.2, -0.15) is 0 Å². The first-order valence-electron chi connectivity index (χ1n) is 19.1. The molecule has 4 N–H and O–H groups in total. The van der Waals surface area contributed by atoms with Crippen molar-refractivity contribution in [1.29, 1.82) is 0 Å². The summed E-state index contributed by atoms with van der Waals surface area (Å²) in [6.45, 7) is 9.41. The minimum absolute atomic E-state index is 0.0255. The standard InChI is InChI=1S/C24H40O6.C12H20O2.C6H10O2/c1-2-22(15-9-13-21-30-24(28)17-8-4-11-19-26)14-6-5-12-20-29-23(27)16-7-3-10-18-25;1-2-12(9-5-7-11-14)8-4-3-6-10-13;7-6-4-2-1-3-5-8-6/h2,5,9,12-13,22,25-26H,1,3-4,6-8,10-11,14-21H2;2-3,5-7,12-14H,1,4,8-11H2;1-5H2/b12-5+,13-9-;6-3+,7-5-;. The van der Waals surface area contributed by atoms with E-state index in [4.69, 9.17) is 34.6 Å². The summed E-state index contributed by atoms with van der Waals surface area (Å²) in [6.07, 6.45) is 33.9. The molecule has 0 aromatic heterocycles. The van der Waals surface area contributed by atoms with Gasteiger partial charge in [-0.25, -0.2) is 0 Å². The average Bonchev–Trinajstić information content (AvgIpc) is 3.41. The van der Waals surface area contributed by atoms with Crippen LogP contribution in [0.15, 0.2) is 73.9 Å². The summed E-state index contributed by atoms with van der Waals surface area (Å²) in [5.74, 6) is 0.379. The lowest BCUT2D eigenvalue weighted by Crippen LogP contribution is -2.04. The van der Waals surface area contributed by atoms with Crippen molar-refractivity contribution in [3.63, 3.8) is 0 Å². The summed E-state index contributed by atoms with van der Waals surface area (Å²) in [6, 6.07) is 0. The summed E-state index contributed by atoms with van der Waals surface area (Å²) in [5.41, 5.74) is 0. The van der Waals surface area contributed by atoms with Gasteiger partial charge in [0.05, 0.1) is 19.8 Å². The molecule has 1 heterocycles. The number of hydrogen-bond donors (Lipinski definition) is 4. The predicted molar refractivity (Wildman–Crippen MR) is 208 cm³/mol. The molecular formula is C42H70O10. The van der Waals surface area contributed by atoms with Crippen LogP contribution >= 0.6 is 0 Å². The third-order valence-electron chi connectivity index (χ3n) is 7.88. The van der Waals surface area contributed by atoms with Crippen molar-refractivity contribution in [3.8, 4) is 0 Å². The van der Waals surface area contributed by atoms with E-state index < -0.39 is 0 Å². The lowest BCUT2D eigenvalue weighted by Gasteiger charge is -2.08. The van der Waals surface area contributed by atoms with Crippen LogP contribution in [0.1, 0.15) is 116 Å². The highest BCUT2D eigenvalue weighted by atomic mass is 16.5. The third-order valence-corrected chi connectivity index (χ3v) is 7.88. The Kier molecular flexibility index (Phi) is 41.1. The SMILES string of the molecule is C=CC(C/C=C\CO)CC/C=C/CO.C=CC(C/C=C\COC(=O)CCCCCO)CC/C=C/COC(=O)CCCCCO.O=C1CCCCCO1. The number of carbonyl (C=O) groups is 3. The molecule has 1 aliphatic rings. The van der Waals surface area contributed by atoms with E-state index in [-0.39, 0.29) is 50.9 Å². The van der Waals surface area contributed by atoms with Crippen molar-refractivity contribution in [2.45, 2.75) is 116 Å². The van der Waals surface area contributed by atoms with Gasteiger partial charge in [0.2, 0.25) is 0 Å². The fourth-order valence-electron chi connectivity index (χ4n) is 4.70. The number of cyclic esters (lactones) is 1. The molecule has 0 bridgehead atoms. The Morgan fingerprint density at radius 1 is 0.635 bits per heavy atom. The lowest BCUT2D eigenvalue weighted by atomic mass is 9.99. The number of aliphatic hydroxyl groups is 4. The third kappa shape index (κ3) is 39.5. The summed E-state index contributed by atoms with van der Waals surface area (Å²) in [4.78, 5) is 33.5. The number of allylic oxidation sites excluding steroid dienone is 6. The van der Waals surface area contributed by atoms with Crippen molar-refractivity contribution >= 4 is 17.9 Å². The van der Waals surface area contributed by atoms with E-state index in [1.807, 2.05) is 48.6 Å². The van der Waals surface area contributed by atoms with Crippen LogP contribution in [0, 0.1) is 11.8 Å². The van der Waals surface area contributed by atoms with Gasteiger partial charge in [0.15, 0.2) is 0 Å². The quantitative estimate of drug-likeness (QED) is 0.0276. The van der Waals surface area contributed by atoms with Crippen molar-refractivity contribution in [1.82, 2.24) is 0 Å². The molecule has 0 aromatic carbocycles. The van der Waals surface area contributed by atoms with E-state index in [1.165, 1.54) is 0 Å². The Morgan fingerprint density at radius 3 is 1.62 bits per heavy atom. The first-order chi connectivity index (χ1) is 25.4. The van der Waals surface area contributed by atoms with Gasteiger partial charge in [-0.15, -0.1) is 13.2 Å². The molecule has 1 fully saturated rings. The number of hydrogen-bond acceptors (Lipinski definition) is 10. The van der Waals surface area contributed by atoms with Gasteiger partial charge < -0.3 is 34.6 Å². The van der Waals surface area contributed by atoms with E-state index in [2.05, 4.69) is 13.2 Å². The summed E-state index contributed by atoms with van der Waals surface area (Å²) in [7, 11) is 0. The molecule has 0 aromatic rings. The molecule has 2 unspecified atom stereocenters. The van der Waals surface area contributed by atoms with Crippen molar-refractivity contribution in [2.24, 2.45) is 11.8 Å². The topological polar surface area (TPSA) is 160 Å². The highest BCUT2D eigenvalue weighted by Gasteiger charge is 2.06. The number of ether oxygens (including phenoxy) is 3. The summed E-state index contributed by atoms with van der Waals surface area (Å²) >= 11 is 0. The molecule has 1 rings (SSSR count). The maximum absolute atomic E-state index is 11.5. The minimum Gasteiger partial charge on any atom is -0.466 e. The number of aliphatic hydroxyl groups excluding tert-OH is 4. The van der Waals surface area contributed by atoms with Crippen LogP contribution in [0.3, 0.4) is 0 Å². The fraction of sp³-hybridized carbons (Fsp3) is 0.643. The highest BCUT2D eigenvalue weighted by molar-refractivity contribution is 5.70. The molecule has 1 aliphatic heterocycles. The van der Waals surface area contributed by atoms with Gasteiger partial charge in [-0.3, -0.25) is 14.4 Å². The van der Waals surface area contributed by atoms with Gasteiger partial charge in [0.25, 0.3) is 0 Å². The smallest absolute Gasteiger partial charge is 0.306 e. The molecule has 0 saturated carbocycles. The zero-order valence-corrected chi connectivity index (χ0v) is 31.8. The van der Waals surface area contributed by atoms with Crippen LogP contribution in [-0.2, 0) is 28.6 Å². The normalized spacial score (nSPS) is 14.2. The lowest BCUT2D eigenvalue weighted by molar-refractivity contribution is -0.143. The van der Waals surface area contributed by atoms with Crippen LogP contribution in [0.5, 0.6) is 0 Å². The molecule has 1 saturated heterocycles. The largest absolute Gasteiger partial charge is 0.466 e. The van der Waals surface area contributed by atoms with Gasteiger partial charge >= 0.3 is 17.9 Å². The molecule has 0 aliphatic carbocycles. The molecule has 2 atom stereocenters. The Balaban J connectivity index is 0. The maximum Gasteiger partial charge on any atom is 0.306 e. The van der Waals surface area contributed by atoms with Gasteiger partial charge in [0.1, 0.15) is 13.2 Å². The van der Waals surface area contributed by atoms with Crippen molar-refractivity contribution < 1.29 is 49.0 Å². The second-order valence-electron chi connectivity index (χ2n) is 12.3. The van der Waals surface area contributed by atoms with Gasteiger partial charge in [0, 0.05) is 32.5 Å². The monoisotopic (exact) mass is 734 g/mol. The average molecular weight is 735 g/mol. The molecule has 0 amide bonds. The van der Waals surface area contributed by atoms with E-state index in [1.54, 1.807) is 12.2 Å². The Hall–Kier alpha value is -3.31. The molecule has 52 heavy (non-hydrogen) atoms. The number of unbranched alkanes of at least 4 members (excludes halogenated alkanes) is 4. The zero-order valence-electron chi connectivity index (χ0n) is 31.8. The van der Waals surface area contributed by atoms with Crippen LogP contribution < -0.4 is 0 Å². The van der Waals surface area contributed by atoms with Crippen LogP contribution in [0.4, 0.5) is 0 Å². The Bertz CT molecular complexity index is 975. The summed E-state index contributed by atoms with van der Waals surface area (Å²) in [5, 5.41) is 34.4. The molecule has 0 radical (unpaired) electrons. The Labute approximate surface area is 314 Å². The first kappa shape index (κ1) is 50.8. The molecule has 298 valence electrons. The highest BCUT2D eigenvalue weighted by Crippen LogP contribution is 2.14. The van der Waals surface area contributed by atoms with E-state index >= 15 is 0 Å². The summed E-state index contributed by atoms with van der Waals surface area (Å²) < 4.78 is 15.0. The molecular weight excluding hydrogens is 664 g/mol. The zero-order chi connectivity index (χ0) is 38.8. The minimum atomic E-state index is -0.200. The molecule has 10 nitrogen and oxygen atoms in total. The van der Waals surface area contributed by atoms with Gasteiger partial charge in [-0.05, 0) is 95.3 Å². The number of rotatable bonds is 28. The maximum atomic E-state index is 11.5. The van der Waals surface area contributed by atoms with Crippen LogP contribution in [-0.4, -0.2) is 84.6 Å². The number of carbonyl (C=O) groups excluding carboxylic acids is 3. The fourth-order valence-corrected chi connectivity index (χ4v) is 4.70. The second-order valence-corrected chi connectivity index (χ2v) is 12.3. The Morgan fingerprint density at radius 2 is 1.12 bits per heavy atom. The van der Waals surface area contributed by atoms with E-state index in [0.717, 1.165) is 96.3 Å². The second kappa shape index (κ2) is 42.1. The van der Waals surface area contributed by atoms with Crippen LogP contribution in [0.2, 0.25) is 0 Å². The van der Waals surface area contributed by atoms with Crippen molar-refractivity contribution in [2.75, 3.05) is 46.2 Å². The van der Waals surface area contributed by atoms with E-state index in [0.29, 0.717) is 44.3 Å². The first-order valence-corrected chi connectivity index (χ1v) is 19.1. The van der Waals surface area contributed by atoms with Crippen LogP contribution in [0.25, 0.3) is 0 Å². The van der Waals surface area contributed by atoms with E-state index in [9.17, 15) is 14.4 Å².